The van der Waals surface area contributed by atoms with Crippen molar-refractivity contribution in [1.29, 1.82) is 0 Å². The maximum absolute atomic E-state index is 12.6. The van der Waals surface area contributed by atoms with Gasteiger partial charge in [-0.3, -0.25) is 0 Å². The third-order valence-corrected chi connectivity index (χ3v) is 7.04. The van der Waals surface area contributed by atoms with Crippen molar-refractivity contribution in [2.24, 2.45) is 5.92 Å². The lowest BCUT2D eigenvalue weighted by Gasteiger charge is -2.29. The van der Waals surface area contributed by atoms with Gasteiger partial charge in [-0.15, -0.1) is 0 Å². The molecule has 0 aliphatic heterocycles. The van der Waals surface area contributed by atoms with Crippen LogP contribution in [0.25, 0.3) is 11.1 Å². The average Bonchev–Trinajstić information content (AvgIpc) is 2.94. The van der Waals surface area contributed by atoms with Crippen molar-refractivity contribution < 1.29 is 29.3 Å². The Kier molecular flexibility index (Phi) is 12.6. The van der Waals surface area contributed by atoms with E-state index in [1.807, 2.05) is 31.2 Å². The number of esters is 2. The molecule has 0 amide bonds. The van der Waals surface area contributed by atoms with Crippen LogP contribution in [0.4, 0.5) is 0 Å². The number of ether oxygens (including phenoxy) is 2. The Morgan fingerprint density at radius 1 is 0.923 bits per heavy atom. The second-order valence-corrected chi connectivity index (χ2v) is 10.7. The number of carbonyl (C=O) groups excluding carboxylic acids is 2. The molecule has 0 aromatic heterocycles. The summed E-state index contributed by atoms with van der Waals surface area (Å²) < 4.78 is 11.1. The van der Waals surface area contributed by atoms with Crippen LogP contribution in [0.1, 0.15) is 63.1 Å². The van der Waals surface area contributed by atoms with Gasteiger partial charge in [0.1, 0.15) is 13.2 Å². The van der Waals surface area contributed by atoms with E-state index >= 15 is 0 Å². The van der Waals surface area contributed by atoms with E-state index in [1.54, 1.807) is 6.92 Å². The maximum atomic E-state index is 12.6. The smallest absolute Gasteiger partial charge is 0.333 e. The minimum Gasteiger partial charge on any atom is -0.461 e. The molecule has 6 heteroatoms. The molecular formula is C33H44O6. The first-order valence-corrected chi connectivity index (χ1v) is 13.6. The normalized spacial score (nSPS) is 12.6. The monoisotopic (exact) mass is 536 g/mol. The molecule has 0 aliphatic carbocycles. The van der Waals surface area contributed by atoms with Crippen molar-refractivity contribution >= 4 is 11.9 Å². The number of hydrogen-bond acceptors (Lipinski definition) is 6. The zero-order valence-corrected chi connectivity index (χ0v) is 23.9. The molecule has 0 bridgehead atoms. The number of unbranched alkanes of at least 4 members (excludes halogenated alkanes) is 2. The van der Waals surface area contributed by atoms with Gasteiger partial charge in [0, 0.05) is 30.3 Å². The highest BCUT2D eigenvalue weighted by Gasteiger charge is 2.31. The Balaban J connectivity index is 2.22. The summed E-state index contributed by atoms with van der Waals surface area (Å²) in [5.41, 5.74) is 5.30. The Morgan fingerprint density at radius 3 is 2.05 bits per heavy atom. The zero-order valence-electron chi connectivity index (χ0n) is 23.9. The first-order valence-electron chi connectivity index (χ1n) is 13.6. The predicted octanol–water partition coefficient (Wildman–Crippen LogP) is 5.86. The Hall–Kier alpha value is -3.22. The fraction of sp³-hybridized carbons (Fsp3) is 0.455. The van der Waals surface area contributed by atoms with Crippen molar-refractivity contribution in [3.05, 3.63) is 83.5 Å². The van der Waals surface area contributed by atoms with Crippen molar-refractivity contribution in [2.75, 3.05) is 26.4 Å². The summed E-state index contributed by atoms with van der Waals surface area (Å²) in [6.07, 6.45) is 4.85. The first kappa shape index (κ1) is 32.0. The number of aliphatic hydroxyl groups excluding tert-OH is 2. The fourth-order valence-corrected chi connectivity index (χ4v) is 4.29. The van der Waals surface area contributed by atoms with Gasteiger partial charge >= 0.3 is 11.9 Å². The number of aliphatic hydroxyl groups is 2. The van der Waals surface area contributed by atoms with Crippen LogP contribution in [0.15, 0.2) is 66.8 Å². The summed E-state index contributed by atoms with van der Waals surface area (Å²) in [6.45, 7) is 14.6. The summed E-state index contributed by atoms with van der Waals surface area (Å²) in [6, 6.07) is 14.5. The van der Waals surface area contributed by atoms with Crippen molar-refractivity contribution in [2.45, 2.75) is 65.2 Å². The van der Waals surface area contributed by atoms with Crippen LogP contribution in [0, 0.1) is 12.8 Å². The first-order chi connectivity index (χ1) is 18.5. The quantitative estimate of drug-likeness (QED) is 0.159. The molecule has 0 aliphatic rings. The molecule has 0 heterocycles. The molecule has 1 atom stereocenters. The third-order valence-electron chi connectivity index (χ3n) is 7.04. The summed E-state index contributed by atoms with van der Waals surface area (Å²) >= 11 is 0. The zero-order chi connectivity index (χ0) is 29.0. The van der Waals surface area contributed by atoms with Crippen LogP contribution in [0.2, 0.25) is 0 Å². The van der Waals surface area contributed by atoms with Gasteiger partial charge in [0.15, 0.2) is 0 Å². The topological polar surface area (TPSA) is 93.1 Å². The van der Waals surface area contributed by atoms with E-state index in [2.05, 4.69) is 45.2 Å². The van der Waals surface area contributed by atoms with Crippen LogP contribution in [0.3, 0.4) is 0 Å². The molecule has 6 nitrogen and oxygen atoms in total. The number of carbonyl (C=O) groups is 2. The van der Waals surface area contributed by atoms with E-state index in [1.165, 1.54) is 30.4 Å². The van der Waals surface area contributed by atoms with Gasteiger partial charge in [-0.25, -0.2) is 9.59 Å². The number of aryl methyl sites for hydroxylation is 2. The highest BCUT2D eigenvalue weighted by atomic mass is 16.5. The Bertz CT molecular complexity index is 1130. The van der Waals surface area contributed by atoms with Gasteiger partial charge in [0.05, 0.1) is 5.41 Å². The lowest BCUT2D eigenvalue weighted by atomic mass is 9.83. The minimum atomic E-state index is -0.827. The van der Waals surface area contributed by atoms with Crippen LogP contribution in [-0.2, 0) is 30.9 Å². The van der Waals surface area contributed by atoms with E-state index in [0.717, 1.165) is 23.1 Å². The predicted molar refractivity (Wildman–Crippen MR) is 155 cm³/mol. The summed E-state index contributed by atoms with van der Waals surface area (Å²) in [5.74, 6) is -1.61. The van der Waals surface area contributed by atoms with Crippen LogP contribution < -0.4 is 0 Å². The van der Waals surface area contributed by atoms with Crippen molar-refractivity contribution in [1.82, 2.24) is 0 Å². The second-order valence-electron chi connectivity index (χ2n) is 10.7. The highest BCUT2D eigenvalue weighted by molar-refractivity contribution is 5.88. The molecule has 2 aromatic rings. The number of rotatable bonds is 16. The van der Waals surface area contributed by atoms with Gasteiger partial charge in [0.25, 0.3) is 0 Å². The van der Waals surface area contributed by atoms with E-state index in [-0.39, 0.29) is 44.0 Å². The standard InChI is InChI=1S/C33H44O6/c1-7-8-9-10-27-11-12-29(18-24(27)4)28-13-15-30(16-14-28)33(6,21-38-31(36)23(2)3)22-39-32(37)25(5)17-26(19-34)20-35/h11-16,18,26,34-35H,2,5,7-10,17,19-22H2,1,3-4,6H3. The summed E-state index contributed by atoms with van der Waals surface area (Å²) in [4.78, 5) is 24.8. The highest BCUT2D eigenvalue weighted by Crippen LogP contribution is 2.30. The molecule has 0 radical (unpaired) electrons. The fourth-order valence-electron chi connectivity index (χ4n) is 4.29. The lowest BCUT2D eigenvalue weighted by Crippen LogP contribution is -2.36. The largest absolute Gasteiger partial charge is 0.461 e. The molecule has 2 aromatic carbocycles. The molecular weight excluding hydrogens is 492 g/mol. The molecule has 0 saturated carbocycles. The molecule has 2 N–H and O–H groups in total. The van der Waals surface area contributed by atoms with Crippen molar-refractivity contribution in [3.8, 4) is 11.1 Å². The van der Waals surface area contributed by atoms with Gasteiger partial charge in [0.2, 0.25) is 0 Å². The van der Waals surface area contributed by atoms with E-state index in [4.69, 9.17) is 9.47 Å². The van der Waals surface area contributed by atoms with E-state index in [0.29, 0.717) is 0 Å². The van der Waals surface area contributed by atoms with Crippen LogP contribution in [0.5, 0.6) is 0 Å². The molecule has 0 spiro atoms. The SMILES string of the molecule is C=C(C)C(=O)OCC(C)(COC(=O)C(=C)CC(CO)CO)c1ccc(-c2ccc(CCCCC)c(C)c2)cc1. The maximum Gasteiger partial charge on any atom is 0.333 e. The molecule has 0 fully saturated rings. The van der Waals surface area contributed by atoms with Crippen LogP contribution >= 0.6 is 0 Å². The summed E-state index contributed by atoms with van der Waals surface area (Å²) in [7, 11) is 0. The molecule has 39 heavy (non-hydrogen) atoms. The molecule has 0 saturated heterocycles. The van der Waals surface area contributed by atoms with Gasteiger partial charge < -0.3 is 19.7 Å². The minimum absolute atomic E-state index is 0.0146. The third kappa shape index (κ3) is 9.48. The Morgan fingerprint density at radius 2 is 1.51 bits per heavy atom. The van der Waals surface area contributed by atoms with Gasteiger partial charge in [-0.1, -0.05) is 75.4 Å². The summed E-state index contributed by atoms with van der Waals surface area (Å²) in [5, 5.41) is 18.6. The average molecular weight is 537 g/mol. The van der Waals surface area contributed by atoms with Crippen molar-refractivity contribution in [3.63, 3.8) is 0 Å². The number of benzene rings is 2. The lowest BCUT2D eigenvalue weighted by molar-refractivity contribution is -0.145. The molecule has 212 valence electrons. The van der Waals surface area contributed by atoms with Gasteiger partial charge in [-0.05, 0) is 67.9 Å². The van der Waals surface area contributed by atoms with E-state index < -0.39 is 23.3 Å². The second kappa shape index (κ2) is 15.4. The number of hydrogen-bond donors (Lipinski definition) is 2. The van der Waals surface area contributed by atoms with Crippen LogP contribution in [-0.4, -0.2) is 48.6 Å². The Labute approximate surface area is 233 Å². The van der Waals surface area contributed by atoms with Gasteiger partial charge in [-0.2, -0.15) is 0 Å². The van der Waals surface area contributed by atoms with E-state index in [9.17, 15) is 19.8 Å². The molecule has 1 unspecified atom stereocenters. The molecule has 2 rings (SSSR count).